The van der Waals surface area contributed by atoms with E-state index in [1.165, 1.54) is 6.42 Å². The second-order valence-electron chi connectivity index (χ2n) is 2.89. The molecule has 1 aliphatic rings. The number of hydrogen-bond acceptors (Lipinski definition) is 4. The average molecular weight is 165 g/mol. The monoisotopic (exact) mass is 165 g/mol. The Morgan fingerprint density at radius 2 is 2.00 bits per heavy atom. The number of aromatic nitrogens is 2. The molecule has 2 rings (SSSR count). The van der Waals surface area contributed by atoms with Gasteiger partial charge in [0.05, 0.1) is 6.61 Å². The maximum atomic E-state index is 8.74. The van der Waals surface area contributed by atoms with E-state index in [4.69, 9.17) is 5.11 Å². The van der Waals surface area contributed by atoms with Gasteiger partial charge in [0.2, 0.25) is 5.95 Å². The number of aliphatic hydroxyl groups is 1. The quantitative estimate of drug-likeness (QED) is 0.679. The van der Waals surface area contributed by atoms with Crippen LogP contribution >= 0.6 is 0 Å². The molecule has 0 aromatic carbocycles. The second kappa shape index (κ2) is 3.06. The van der Waals surface area contributed by atoms with Gasteiger partial charge in [0.25, 0.3) is 0 Å². The molecule has 0 amide bonds. The van der Waals surface area contributed by atoms with Crippen molar-refractivity contribution in [2.45, 2.75) is 13.0 Å². The van der Waals surface area contributed by atoms with E-state index >= 15 is 0 Å². The minimum atomic E-state index is 0.0142. The molecule has 0 spiro atoms. The summed E-state index contributed by atoms with van der Waals surface area (Å²) in [6.45, 7) is 2.12. The average Bonchev–Trinajstić information content (AvgIpc) is 2.03. The predicted molar refractivity (Wildman–Crippen MR) is 44.8 cm³/mol. The third kappa shape index (κ3) is 1.25. The molecule has 1 N–H and O–H groups in total. The van der Waals surface area contributed by atoms with E-state index in [1.807, 2.05) is 0 Å². The van der Waals surface area contributed by atoms with Crippen molar-refractivity contribution in [1.29, 1.82) is 0 Å². The molecule has 4 heteroatoms. The van der Waals surface area contributed by atoms with Crippen LogP contribution in [0.3, 0.4) is 0 Å². The van der Waals surface area contributed by atoms with E-state index < -0.39 is 0 Å². The fraction of sp³-hybridized carbons (Fsp3) is 0.500. The number of rotatable bonds is 2. The van der Waals surface area contributed by atoms with Crippen LogP contribution < -0.4 is 4.90 Å². The zero-order valence-corrected chi connectivity index (χ0v) is 6.77. The minimum Gasteiger partial charge on any atom is -0.392 e. The third-order valence-corrected chi connectivity index (χ3v) is 2.01. The first kappa shape index (κ1) is 7.49. The molecule has 0 saturated carbocycles. The first-order valence-corrected chi connectivity index (χ1v) is 4.07. The number of aliphatic hydroxyl groups excluding tert-OH is 1. The maximum absolute atomic E-state index is 8.74. The van der Waals surface area contributed by atoms with Crippen LogP contribution in [0.25, 0.3) is 0 Å². The Kier molecular flexibility index (Phi) is 1.91. The van der Waals surface area contributed by atoms with Gasteiger partial charge in [-0.2, -0.15) is 0 Å². The Bertz CT molecular complexity index is 256. The van der Waals surface area contributed by atoms with Crippen molar-refractivity contribution in [3.05, 3.63) is 18.0 Å². The van der Waals surface area contributed by atoms with Crippen LogP contribution in [0.4, 0.5) is 5.95 Å². The minimum absolute atomic E-state index is 0.0142. The standard InChI is InChI=1S/C8H11N3O/c12-6-7-4-9-8(10-5-7)11-2-1-3-11/h4-5,12H,1-3,6H2. The molecule has 1 saturated heterocycles. The van der Waals surface area contributed by atoms with Crippen molar-refractivity contribution in [2.24, 2.45) is 0 Å². The van der Waals surface area contributed by atoms with Gasteiger partial charge < -0.3 is 10.0 Å². The van der Waals surface area contributed by atoms with Gasteiger partial charge in [-0.3, -0.25) is 0 Å². The highest BCUT2D eigenvalue weighted by molar-refractivity contribution is 5.32. The molecule has 64 valence electrons. The van der Waals surface area contributed by atoms with Crippen LogP contribution in [-0.2, 0) is 6.61 Å². The van der Waals surface area contributed by atoms with Crippen molar-refractivity contribution in [3.63, 3.8) is 0 Å². The predicted octanol–water partition coefficient (Wildman–Crippen LogP) is 0.179. The van der Waals surface area contributed by atoms with E-state index in [0.29, 0.717) is 0 Å². The number of nitrogens with zero attached hydrogens (tertiary/aromatic N) is 3. The lowest BCUT2D eigenvalue weighted by atomic mass is 10.2. The Morgan fingerprint density at radius 3 is 2.42 bits per heavy atom. The topological polar surface area (TPSA) is 49.3 Å². The van der Waals surface area contributed by atoms with Crippen molar-refractivity contribution >= 4 is 5.95 Å². The van der Waals surface area contributed by atoms with Crippen LogP contribution in [0.2, 0.25) is 0 Å². The summed E-state index contributed by atoms with van der Waals surface area (Å²) in [6, 6.07) is 0. The maximum Gasteiger partial charge on any atom is 0.225 e. The summed E-state index contributed by atoms with van der Waals surface area (Å²) in [5.41, 5.74) is 0.763. The van der Waals surface area contributed by atoms with Crippen LogP contribution in [-0.4, -0.2) is 28.2 Å². The molecule has 0 atom stereocenters. The summed E-state index contributed by atoms with van der Waals surface area (Å²) >= 11 is 0. The molecular formula is C8H11N3O. The lowest BCUT2D eigenvalue weighted by molar-refractivity contribution is 0.281. The van der Waals surface area contributed by atoms with Crippen LogP contribution in [0.5, 0.6) is 0 Å². The molecule has 1 aromatic rings. The van der Waals surface area contributed by atoms with Crippen LogP contribution in [0, 0.1) is 0 Å². The van der Waals surface area contributed by atoms with E-state index in [9.17, 15) is 0 Å². The van der Waals surface area contributed by atoms with Gasteiger partial charge in [-0.1, -0.05) is 0 Å². The zero-order chi connectivity index (χ0) is 8.39. The lowest BCUT2D eigenvalue weighted by Gasteiger charge is -2.30. The van der Waals surface area contributed by atoms with Gasteiger partial charge in [0, 0.05) is 31.0 Å². The zero-order valence-electron chi connectivity index (χ0n) is 6.77. The largest absolute Gasteiger partial charge is 0.392 e. The van der Waals surface area contributed by atoms with Crippen molar-refractivity contribution < 1.29 is 5.11 Å². The smallest absolute Gasteiger partial charge is 0.225 e. The van der Waals surface area contributed by atoms with Gasteiger partial charge >= 0.3 is 0 Å². The molecule has 0 unspecified atom stereocenters. The molecule has 2 heterocycles. The van der Waals surface area contributed by atoms with E-state index in [0.717, 1.165) is 24.6 Å². The highest BCUT2D eigenvalue weighted by Crippen LogP contribution is 2.14. The molecule has 0 bridgehead atoms. The fourth-order valence-corrected chi connectivity index (χ4v) is 1.11. The third-order valence-electron chi connectivity index (χ3n) is 2.01. The van der Waals surface area contributed by atoms with Crippen LogP contribution in [0.1, 0.15) is 12.0 Å². The fourth-order valence-electron chi connectivity index (χ4n) is 1.11. The number of hydrogen-bond donors (Lipinski definition) is 1. The van der Waals surface area contributed by atoms with Gasteiger partial charge in [-0.05, 0) is 6.42 Å². The van der Waals surface area contributed by atoms with Crippen molar-refractivity contribution in [2.75, 3.05) is 18.0 Å². The van der Waals surface area contributed by atoms with Crippen molar-refractivity contribution in [3.8, 4) is 0 Å². The summed E-state index contributed by atoms with van der Waals surface area (Å²) in [5, 5.41) is 8.74. The van der Waals surface area contributed by atoms with Gasteiger partial charge in [0.1, 0.15) is 0 Å². The molecular weight excluding hydrogens is 154 g/mol. The SMILES string of the molecule is OCc1cnc(N2CCC2)nc1. The molecule has 12 heavy (non-hydrogen) atoms. The molecule has 0 aliphatic carbocycles. The van der Waals surface area contributed by atoms with Crippen LogP contribution in [0.15, 0.2) is 12.4 Å². The second-order valence-corrected chi connectivity index (χ2v) is 2.89. The summed E-state index contributed by atoms with van der Waals surface area (Å²) in [6.07, 6.45) is 4.56. The van der Waals surface area contributed by atoms with E-state index in [-0.39, 0.29) is 6.61 Å². The Morgan fingerprint density at radius 1 is 1.33 bits per heavy atom. The van der Waals surface area contributed by atoms with Gasteiger partial charge in [-0.15, -0.1) is 0 Å². The normalized spacial score (nSPS) is 15.9. The first-order chi connectivity index (χ1) is 5.90. The Hall–Kier alpha value is -1.16. The summed E-state index contributed by atoms with van der Waals surface area (Å²) in [4.78, 5) is 10.4. The molecule has 4 nitrogen and oxygen atoms in total. The van der Waals surface area contributed by atoms with Gasteiger partial charge in [0.15, 0.2) is 0 Å². The summed E-state index contributed by atoms with van der Waals surface area (Å²) in [5.74, 6) is 0.776. The van der Waals surface area contributed by atoms with Crippen molar-refractivity contribution in [1.82, 2.24) is 9.97 Å². The van der Waals surface area contributed by atoms with E-state index in [2.05, 4.69) is 14.9 Å². The molecule has 1 aromatic heterocycles. The summed E-state index contributed by atoms with van der Waals surface area (Å²) in [7, 11) is 0. The first-order valence-electron chi connectivity index (χ1n) is 4.07. The molecule has 1 fully saturated rings. The highest BCUT2D eigenvalue weighted by atomic mass is 16.3. The lowest BCUT2D eigenvalue weighted by Crippen LogP contribution is -2.38. The Balaban J connectivity index is 2.13. The Labute approximate surface area is 70.9 Å². The van der Waals surface area contributed by atoms with Gasteiger partial charge in [-0.25, -0.2) is 9.97 Å². The highest BCUT2D eigenvalue weighted by Gasteiger charge is 2.16. The number of anilines is 1. The van der Waals surface area contributed by atoms with E-state index in [1.54, 1.807) is 12.4 Å². The molecule has 1 aliphatic heterocycles. The summed E-state index contributed by atoms with van der Waals surface area (Å²) < 4.78 is 0. The molecule has 0 radical (unpaired) electrons.